The van der Waals surface area contributed by atoms with Crippen molar-refractivity contribution in [1.82, 2.24) is 0 Å². The molecule has 0 heterocycles. The van der Waals surface area contributed by atoms with Crippen molar-refractivity contribution in [3.05, 3.63) is 59.7 Å². The minimum Gasteiger partial charge on any atom is -0.508 e. The monoisotopic (exact) mass is 270 g/mol. The van der Waals surface area contributed by atoms with Crippen LogP contribution in [0.2, 0.25) is 0 Å². The lowest BCUT2D eigenvalue weighted by atomic mass is 9.86. The molecule has 0 aliphatic heterocycles. The SMILES string of the molecule is CCCCC(c1ccccc1)c1ccc(O)cc1OC. The Morgan fingerprint density at radius 1 is 1.10 bits per heavy atom. The second-order valence-electron chi connectivity index (χ2n) is 5.03. The summed E-state index contributed by atoms with van der Waals surface area (Å²) in [5, 5.41) is 9.62. The van der Waals surface area contributed by atoms with Gasteiger partial charge in [0.15, 0.2) is 0 Å². The molecular weight excluding hydrogens is 248 g/mol. The molecule has 0 fully saturated rings. The van der Waals surface area contributed by atoms with Crippen molar-refractivity contribution in [3.8, 4) is 11.5 Å². The highest BCUT2D eigenvalue weighted by Crippen LogP contribution is 2.37. The first-order valence-electron chi connectivity index (χ1n) is 7.18. The van der Waals surface area contributed by atoms with Gasteiger partial charge in [0.25, 0.3) is 0 Å². The molecule has 2 rings (SSSR count). The third kappa shape index (κ3) is 3.32. The zero-order chi connectivity index (χ0) is 14.4. The molecule has 0 spiro atoms. The Labute approximate surface area is 121 Å². The van der Waals surface area contributed by atoms with Crippen molar-refractivity contribution in [3.63, 3.8) is 0 Å². The molecule has 0 aliphatic rings. The van der Waals surface area contributed by atoms with Crippen LogP contribution in [0.3, 0.4) is 0 Å². The van der Waals surface area contributed by atoms with Crippen LogP contribution in [0, 0.1) is 0 Å². The van der Waals surface area contributed by atoms with Crippen LogP contribution in [0.1, 0.15) is 43.2 Å². The Hall–Kier alpha value is -1.96. The van der Waals surface area contributed by atoms with Crippen LogP contribution in [0.25, 0.3) is 0 Å². The highest BCUT2D eigenvalue weighted by molar-refractivity contribution is 5.46. The Balaban J connectivity index is 2.41. The van der Waals surface area contributed by atoms with Gasteiger partial charge in [0.2, 0.25) is 0 Å². The number of aromatic hydroxyl groups is 1. The molecule has 1 N–H and O–H groups in total. The fourth-order valence-corrected chi connectivity index (χ4v) is 2.58. The van der Waals surface area contributed by atoms with E-state index in [1.807, 2.05) is 12.1 Å². The second-order valence-corrected chi connectivity index (χ2v) is 5.03. The summed E-state index contributed by atoms with van der Waals surface area (Å²) in [6, 6.07) is 15.9. The smallest absolute Gasteiger partial charge is 0.126 e. The molecule has 2 heteroatoms. The minimum absolute atomic E-state index is 0.243. The molecule has 0 saturated carbocycles. The number of hydrogen-bond donors (Lipinski definition) is 1. The first kappa shape index (κ1) is 14.4. The fraction of sp³-hybridized carbons (Fsp3) is 0.333. The summed E-state index contributed by atoms with van der Waals surface area (Å²) < 4.78 is 5.45. The number of unbranched alkanes of at least 4 members (excludes halogenated alkanes) is 1. The Bertz CT molecular complexity index is 534. The van der Waals surface area contributed by atoms with Crippen molar-refractivity contribution in [2.24, 2.45) is 0 Å². The van der Waals surface area contributed by atoms with Gasteiger partial charge in [0.1, 0.15) is 11.5 Å². The fourth-order valence-electron chi connectivity index (χ4n) is 2.58. The van der Waals surface area contributed by atoms with E-state index in [1.54, 1.807) is 19.2 Å². The molecular formula is C18H22O2. The number of methoxy groups -OCH3 is 1. The van der Waals surface area contributed by atoms with E-state index in [0.29, 0.717) is 5.92 Å². The van der Waals surface area contributed by atoms with E-state index >= 15 is 0 Å². The van der Waals surface area contributed by atoms with Gasteiger partial charge in [0.05, 0.1) is 7.11 Å². The normalized spacial score (nSPS) is 12.1. The number of phenols is 1. The summed E-state index contributed by atoms with van der Waals surface area (Å²) in [6.45, 7) is 2.20. The molecule has 1 unspecified atom stereocenters. The maximum Gasteiger partial charge on any atom is 0.126 e. The molecule has 0 saturated heterocycles. The lowest BCUT2D eigenvalue weighted by molar-refractivity contribution is 0.399. The maximum atomic E-state index is 9.62. The quantitative estimate of drug-likeness (QED) is 0.822. The van der Waals surface area contributed by atoms with E-state index in [-0.39, 0.29) is 5.75 Å². The lowest BCUT2D eigenvalue weighted by Gasteiger charge is -2.20. The van der Waals surface area contributed by atoms with Gasteiger partial charge in [-0.3, -0.25) is 0 Å². The van der Waals surface area contributed by atoms with Gasteiger partial charge in [-0.05, 0) is 18.1 Å². The van der Waals surface area contributed by atoms with Crippen LogP contribution in [0.15, 0.2) is 48.5 Å². The average molecular weight is 270 g/mol. The maximum absolute atomic E-state index is 9.62. The van der Waals surface area contributed by atoms with Crippen LogP contribution in [0.5, 0.6) is 11.5 Å². The zero-order valence-corrected chi connectivity index (χ0v) is 12.2. The summed E-state index contributed by atoms with van der Waals surface area (Å²) in [5.74, 6) is 1.31. The van der Waals surface area contributed by atoms with Crippen molar-refractivity contribution in [2.75, 3.05) is 7.11 Å². The second kappa shape index (κ2) is 6.99. The van der Waals surface area contributed by atoms with Gasteiger partial charge >= 0.3 is 0 Å². The van der Waals surface area contributed by atoms with Gasteiger partial charge in [0, 0.05) is 17.5 Å². The predicted octanol–water partition coefficient (Wildman–Crippen LogP) is 4.72. The van der Waals surface area contributed by atoms with Gasteiger partial charge < -0.3 is 9.84 Å². The Morgan fingerprint density at radius 3 is 2.50 bits per heavy atom. The van der Waals surface area contributed by atoms with Gasteiger partial charge in [-0.25, -0.2) is 0 Å². The van der Waals surface area contributed by atoms with E-state index in [0.717, 1.165) is 17.7 Å². The molecule has 0 bridgehead atoms. The van der Waals surface area contributed by atoms with Gasteiger partial charge in [-0.1, -0.05) is 56.2 Å². The van der Waals surface area contributed by atoms with E-state index in [4.69, 9.17) is 4.74 Å². The van der Waals surface area contributed by atoms with E-state index in [1.165, 1.54) is 18.4 Å². The highest BCUT2D eigenvalue weighted by atomic mass is 16.5. The third-order valence-electron chi connectivity index (χ3n) is 3.64. The topological polar surface area (TPSA) is 29.5 Å². The first-order valence-corrected chi connectivity index (χ1v) is 7.18. The largest absolute Gasteiger partial charge is 0.508 e. The number of rotatable bonds is 6. The summed E-state index contributed by atoms with van der Waals surface area (Å²) in [5.41, 5.74) is 2.44. The summed E-state index contributed by atoms with van der Waals surface area (Å²) in [7, 11) is 1.65. The van der Waals surface area contributed by atoms with Crippen molar-refractivity contribution >= 4 is 0 Å². The minimum atomic E-state index is 0.243. The molecule has 20 heavy (non-hydrogen) atoms. The Morgan fingerprint density at radius 2 is 1.85 bits per heavy atom. The van der Waals surface area contributed by atoms with E-state index < -0.39 is 0 Å². The third-order valence-corrected chi connectivity index (χ3v) is 3.64. The van der Waals surface area contributed by atoms with Crippen molar-refractivity contribution in [1.29, 1.82) is 0 Å². The molecule has 106 valence electrons. The number of benzene rings is 2. The molecule has 2 aromatic rings. The molecule has 0 aliphatic carbocycles. The van der Waals surface area contributed by atoms with Crippen molar-refractivity contribution in [2.45, 2.75) is 32.1 Å². The molecule has 0 amide bonds. The van der Waals surface area contributed by atoms with Crippen LogP contribution >= 0.6 is 0 Å². The molecule has 2 nitrogen and oxygen atoms in total. The van der Waals surface area contributed by atoms with Crippen LogP contribution in [-0.2, 0) is 0 Å². The van der Waals surface area contributed by atoms with Gasteiger partial charge in [-0.15, -0.1) is 0 Å². The summed E-state index contributed by atoms with van der Waals surface area (Å²) in [6.07, 6.45) is 3.43. The first-order chi connectivity index (χ1) is 9.76. The number of phenolic OH excluding ortho intramolecular Hbond substituents is 1. The molecule has 2 aromatic carbocycles. The standard InChI is InChI=1S/C18H22O2/c1-3-4-10-16(14-8-6-5-7-9-14)17-12-11-15(19)13-18(17)20-2/h5-9,11-13,16,19H,3-4,10H2,1-2H3. The highest BCUT2D eigenvalue weighted by Gasteiger charge is 2.18. The number of hydrogen-bond acceptors (Lipinski definition) is 2. The Kier molecular flexibility index (Phi) is 5.05. The molecule has 1 atom stereocenters. The predicted molar refractivity (Wildman–Crippen MR) is 82.5 cm³/mol. The van der Waals surface area contributed by atoms with Crippen LogP contribution in [-0.4, -0.2) is 12.2 Å². The van der Waals surface area contributed by atoms with Crippen LogP contribution in [0.4, 0.5) is 0 Å². The number of ether oxygens (including phenoxy) is 1. The zero-order valence-electron chi connectivity index (χ0n) is 12.2. The summed E-state index contributed by atoms with van der Waals surface area (Å²) >= 11 is 0. The van der Waals surface area contributed by atoms with E-state index in [9.17, 15) is 5.11 Å². The van der Waals surface area contributed by atoms with Crippen molar-refractivity contribution < 1.29 is 9.84 Å². The average Bonchev–Trinajstić information content (AvgIpc) is 2.49. The lowest BCUT2D eigenvalue weighted by Crippen LogP contribution is -2.03. The summed E-state index contributed by atoms with van der Waals surface area (Å²) in [4.78, 5) is 0. The van der Waals surface area contributed by atoms with E-state index in [2.05, 4.69) is 31.2 Å². The van der Waals surface area contributed by atoms with Gasteiger partial charge in [-0.2, -0.15) is 0 Å². The molecule has 0 radical (unpaired) electrons. The van der Waals surface area contributed by atoms with Crippen LogP contribution < -0.4 is 4.74 Å². The molecule has 0 aromatic heterocycles.